The van der Waals surface area contributed by atoms with Crippen molar-refractivity contribution >= 4 is 11.8 Å². The molecule has 0 aliphatic rings. The van der Waals surface area contributed by atoms with E-state index in [0.29, 0.717) is 0 Å². The smallest absolute Gasteiger partial charge is 0.318 e. The third-order valence-corrected chi connectivity index (χ3v) is 1.24. The lowest BCUT2D eigenvalue weighted by Crippen LogP contribution is -1.96. The predicted molar refractivity (Wildman–Crippen MR) is 32.8 cm³/mol. The fraction of sp³-hybridized carbons (Fsp3) is 0.333. The number of hydrogen-bond donors (Lipinski definition) is 1. The Morgan fingerprint density at radius 2 is 2.50 bits per heavy atom. The number of hydrogen-bond acceptors (Lipinski definition) is 4. The molecule has 0 radical (unpaired) electrons. The van der Waals surface area contributed by atoms with E-state index in [1.54, 1.807) is 6.26 Å². The van der Waals surface area contributed by atoms with Crippen molar-refractivity contribution in [2.24, 2.45) is 5.73 Å². The molecule has 4 nitrogen and oxygen atoms in total. The van der Waals surface area contributed by atoms with E-state index in [4.69, 9.17) is 5.73 Å². The minimum Gasteiger partial charge on any atom is -0.399 e. The van der Waals surface area contributed by atoms with Gasteiger partial charge in [-0.3, -0.25) is 10.1 Å². The van der Waals surface area contributed by atoms with Crippen molar-refractivity contribution < 1.29 is 4.92 Å². The lowest BCUT2D eigenvalue weighted by molar-refractivity contribution is -0.410. The van der Waals surface area contributed by atoms with Gasteiger partial charge in [0.25, 0.3) is 0 Å². The second-order valence-corrected chi connectivity index (χ2v) is 1.79. The Labute approximate surface area is 50.9 Å². The molecular weight excluding hydrogens is 128 g/mol. The highest BCUT2D eigenvalue weighted by Crippen LogP contribution is 2.08. The minimum atomic E-state index is -0.523. The van der Waals surface area contributed by atoms with Crippen molar-refractivity contribution in [2.45, 2.75) is 0 Å². The molecule has 0 spiro atoms. The summed E-state index contributed by atoms with van der Waals surface area (Å²) < 4.78 is 0. The lowest BCUT2D eigenvalue weighted by Gasteiger charge is -1.86. The number of thioether (sulfide) groups is 1. The van der Waals surface area contributed by atoms with Crippen LogP contribution in [0.1, 0.15) is 0 Å². The molecule has 0 aliphatic heterocycles. The molecule has 0 saturated heterocycles. The summed E-state index contributed by atoms with van der Waals surface area (Å²) in [5.74, 6) is 0. The normalized spacial score (nSPS) is 11.4. The summed E-state index contributed by atoms with van der Waals surface area (Å²) in [6, 6.07) is 0. The molecule has 0 fully saturated rings. The molecule has 0 atom stereocenters. The maximum absolute atomic E-state index is 9.80. The third kappa shape index (κ3) is 1.83. The van der Waals surface area contributed by atoms with Crippen LogP contribution in [0.3, 0.4) is 0 Å². The van der Waals surface area contributed by atoms with Gasteiger partial charge in [-0.25, -0.2) is 0 Å². The van der Waals surface area contributed by atoms with Crippen LogP contribution in [0, 0.1) is 10.1 Å². The highest BCUT2D eigenvalue weighted by molar-refractivity contribution is 8.02. The van der Waals surface area contributed by atoms with Crippen molar-refractivity contribution in [2.75, 3.05) is 6.26 Å². The van der Waals surface area contributed by atoms with Crippen LogP contribution in [0.4, 0.5) is 0 Å². The summed E-state index contributed by atoms with van der Waals surface area (Å²) in [4.78, 5) is 9.27. The van der Waals surface area contributed by atoms with E-state index in [-0.39, 0.29) is 5.03 Å². The Hall–Kier alpha value is -0.710. The molecule has 46 valence electrons. The van der Waals surface area contributed by atoms with Crippen molar-refractivity contribution in [3.63, 3.8) is 0 Å². The summed E-state index contributed by atoms with van der Waals surface area (Å²) in [5, 5.41) is 9.77. The summed E-state index contributed by atoms with van der Waals surface area (Å²) in [6.45, 7) is 0. The molecule has 0 amide bonds. The molecule has 0 aromatic heterocycles. The topological polar surface area (TPSA) is 69.2 Å². The van der Waals surface area contributed by atoms with Gasteiger partial charge in [-0.15, -0.1) is 0 Å². The average Bonchev–Trinajstić information content (AvgIpc) is 1.69. The molecule has 8 heavy (non-hydrogen) atoms. The van der Waals surface area contributed by atoms with Crippen molar-refractivity contribution in [1.82, 2.24) is 0 Å². The Balaban J connectivity index is 3.92. The molecule has 0 aliphatic carbocycles. The SMILES string of the molecule is CSC(=CN)[N+](=O)[O-]. The zero-order chi connectivity index (χ0) is 6.57. The van der Waals surface area contributed by atoms with Gasteiger partial charge in [-0.05, 0) is 6.26 Å². The minimum absolute atomic E-state index is 0.0231. The van der Waals surface area contributed by atoms with Crippen LogP contribution in [-0.4, -0.2) is 11.2 Å². The summed E-state index contributed by atoms with van der Waals surface area (Å²) in [7, 11) is 0. The van der Waals surface area contributed by atoms with Gasteiger partial charge >= 0.3 is 5.03 Å². The molecule has 5 heteroatoms. The first-order valence-corrected chi connectivity index (χ1v) is 3.05. The van der Waals surface area contributed by atoms with Crippen LogP contribution in [0.15, 0.2) is 11.2 Å². The average molecular weight is 134 g/mol. The molecule has 0 aromatic rings. The van der Waals surface area contributed by atoms with Gasteiger partial charge in [0, 0.05) is 0 Å². The van der Waals surface area contributed by atoms with E-state index in [9.17, 15) is 10.1 Å². The highest BCUT2D eigenvalue weighted by atomic mass is 32.2. The highest BCUT2D eigenvalue weighted by Gasteiger charge is 2.04. The van der Waals surface area contributed by atoms with Crippen LogP contribution in [0.5, 0.6) is 0 Å². The van der Waals surface area contributed by atoms with E-state index in [1.165, 1.54) is 0 Å². The summed E-state index contributed by atoms with van der Waals surface area (Å²) >= 11 is 1.02. The van der Waals surface area contributed by atoms with Gasteiger partial charge in [0.1, 0.15) is 0 Å². The van der Waals surface area contributed by atoms with E-state index in [0.717, 1.165) is 18.0 Å². The Morgan fingerprint density at radius 1 is 2.00 bits per heavy atom. The van der Waals surface area contributed by atoms with Crippen LogP contribution in [0.25, 0.3) is 0 Å². The van der Waals surface area contributed by atoms with E-state index in [1.807, 2.05) is 0 Å². The van der Waals surface area contributed by atoms with Crippen LogP contribution < -0.4 is 5.73 Å². The van der Waals surface area contributed by atoms with Crippen LogP contribution in [0.2, 0.25) is 0 Å². The summed E-state index contributed by atoms with van der Waals surface area (Å²) in [5.41, 5.74) is 4.86. The maximum Gasteiger partial charge on any atom is 0.318 e. The Bertz CT molecular complexity index is 122. The molecule has 2 N–H and O–H groups in total. The number of nitrogens with two attached hydrogens (primary N) is 1. The van der Waals surface area contributed by atoms with Crippen molar-refractivity contribution in [3.8, 4) is 0 Å². The monoisotopic (exact) mass is 134 g/mol. The fourth-order valence-electron chi connectivity index (χ4n) is 0.203. The van der Waals surface area contributed by atoms with Gasteiger partial charge in [-0.1, -0.05) is 11.8 Å². The van der Waals surface area contributed by atoms with Crippen LogP contribution >= 0.6 is 11.8 Å². The zero-order valence-corrected chi connectivity index (χ0v) is 5.14. The largest absolute Gasteiger partial charge is 0.399 e. The first-order chi connectivity index (χ1) is 3.72. The number of nitrogens with zero attached hydrogens (tertiary/aromatic N) is 1. The Morgan fingerprint density at radius 3 is 2.50 bits per heavy atom. The van der Waals surface area contributed by atoms with Crippen LogP contribution in [-0.2, 0) is 0 Å². The fourth-order valence-corrected chi connectivity index (χ4v) is 0.489. The molecule has 0 rings (SSSR count). The van der Waals surface area contributed by atoms with E-state index in [2.05, 4.69) is 0 Å². The number of nitro groups is 1. The second kappa shape index (κ2) is 3.31. The quantitative estimate of drug-likeness (QED) is 0.438. The van der Waals surface area contributed by atoms with Gasteiger partial charge in [-0.2, -0.15) is 0 Å². The van der Waals surface area contributed by atoms with Gasteiger partial charge in [0.05, 0.1) is 11.1 Å². The van der Waals surface area contributed by atoms with E-state index >= 15 is 0 Å². The predicted octanol–water partition coefficient (Wildman–Crippen LogP) is 0.384. The molecule has 0 unspecified atom stereocenters. The first kappa shape index (κ1) is 7.29. The molecular formula is C3H6N2O2S. The lowest BCUT2D eigenvalue weighted by atomic mass is 10.9. The zero-order valence-electron chi connectivity index (χ0n) is 4.33. The second-order valence-electron chi connectivity index (χ2n) is 0.966. The van der Waals surface area contributed by atoms with Crippen molar-refractivity contribution in [3.05, 3.63) is 21.3 Å². The van der Waals surface area contributed by atoms with E-state index < -0.39 is 4.92 Å². The first-order valence-electron chi connectivity index (χ1n) is 1.82. The molecule has 0 saturated carbocycles. The molecule has 0 aromatic carbocycles. The third-order valence-electron chi connectivity index (χ3n) is 0.532. The summed E-state index contributed by atoms with van der Waals surface area (Å²) in [6.07, 6.45) is 2.58. The number of rotatable bonds is 2. The standard InChI is InChI=1S/C3H6N2O2S/c1-8-3(2-4)5(6)7/h2H,4H2,1H3. The van der Waals surface area contributed by atoms with Gasteiger partial charge in [0.2, 0.25) is 0 Å². The van der Waals surface area contributed by atoms with Crippen molar-refractivity contribution in [1.29, 1.82) is 0 Å². The Kier molecular flexibility index (Phi) is 3.02. The maximum atomic E-state index is 9.80. The van der Waals surface area contributed by atoms with Gasteiger partial charge < -0.3 is 5.73 Å². The molecule has 0 bridgehead atoms. The van der Waals surface area contributed by atoms with Gasteiger partial charge in [0.15, 0.2) is 0 Å². The molecule has 0 heterocycles.